The van der Waals surface area contributed by atoms with Crippen molar-refractivity contribution in [2.45, 2.75) is 0 Å². The minimum absolute atomic E-state index is 0.00499. The summed E-state index contributed by atoms with van der Waals surface area (Å²) in [5.41, 5.74) is 1.30. The maximum atomic E-state index is 12.2. The smallest absolute Gasteiger partial charge is 0.339 e. The van der Waals surface area contributed by atoms with Gasteiger partial charge in [0.05, 0.1) is 5.56 Å². The standard InChI is InChI=1S/C16H10ClNO4S2/c17-9-3-1-8(2-4-9)10-6-24-15(13(10)16(21)22)18-14(20)11-5-23-7-12(11)19/h1-7,19H,(H,18,20)(H,21,22). The molecule has 1 amide bonds. The number of thiophene rings is 2. The number of carboxylic acid groups (broad SMARTS) is 1. The summed E-state index contributed by atoms with van der Waals surface area (Å²) in [5, 5.41) is 27.1. The Morgan fingerprint density at radius 1 is 1.08 bits per heavy atom. The Morgan fingerprint density at radius 3 is 2.38 bits per heavy atom. The van der Waals surface area contributed by atoms with Gasteiger partial charge in [0.15, 0.2) is 0 Å². The number of aromatic hydroxyl groups is 1. The molecule has 0 atom stereocenters. The largest absolute Gasteiger partial charge is 0.506 e. The zero-order valence-electron chi connectivity index (χ0n) is 11.9. The lowest BCUT2D eigenvalue weighted by molar-refractivity contribution is 0.0699. The number of hydrogen-bond acceptors (Lipinski definition) is 5. The number of nitrogens with one attached hydrogen (secondary N) is 1. The van der Waals surface area contributed by atoms with E-state index in [2.05, 4.69) is 5.32 Å². The van der Waals surface area contributed by atoms with Gasteiger partial charge in [0, 0.05) is 26.7 Å². The molecule has 0 aliphatic carbocycles. The van der Waals surface area contributed by atoms with Crippen molar-refractivity contribution in [2.75, 3.05) is 5.32 Å². The third-order valence-corrected chi connectivity index (χ3v) is 5.15. The predicted molar refractivity (Wildman–Crippen MR) is 95.7 cm³/mol. The number of aromatic carboxylic acids is 1. The van der Waals surface area contributed by atoms with Crippen LogP contribution in [0.5, 0.6) is 5.75 Å². The molecule has 1 aromatic carbocycles. The summed E-state index contributed by atoms with van der Waals surface area (Å²) in [6, 6.07) is 6.77. The predicted octanol–water partition coefficient (Wildman–Crippen LogP) is 4.79. The molecule has 0 bridgehead atoms. The molecule has 5 nitrogen and oxygen atoms in total. The average molecular weight is 380 g/mol. The molecular weight excluding hydrogens is 370 g/mol. The Morgan fingerprint density at radius 2 is 1.79 bits per heavy atom. The van der Waals surface area contributed by atoms with Gasteiger partial charge in [-0.25, -0.2) is 4.79 Å². The van der Waals surface area contributed by atoms with Crippen LogP contribution in [0.1, 0.15) is 20.7 Å². The number of anilines is 1. The van der Waals surface area contributed by atoms with E-state index in [0.29, 0.717) is 16.1 Å². The van der Waals surface area contributed by atoms with Gasteiger partial charge in [-0.3, -0.25) is 4.79 Å². The van der Waals surface area contributed by atoms with Gasteiger partial charge >= 0.3 is 5.97 Å². The molecule has 8 heteroatoms. The van der Waals surface area contributed by atoms with Gasteiger partial charge in [-0.2, -0.15) is 0 Å². The molecule has 0 unspecified atom stereocenters. The molecule has 0 spiro atoms. The fourth-order valence-corrected chi connectivity index (χ4v) is 3.90. The number of hydrogen-bond donors (Lipinski definition) is 3. The van der Waals surface area contributed by atoms with Crippen LogP contribution in [-0.4, -0.2) is 22.1 Å². The maximum Gasteiger partial charge on any atom is 0.339 e. The SMILES string of the molecule is O=C(Nc1scc(-c2ccc(Cl)cc2)c1C(=O)O)c1cscc1O. The van der Waals surface area contributed by atoms with Gasteiger partial charge in [0.25, 0.3) is 5.91 Å². The number of carboxylic acids is 1. The molecule has 3 N–H and O–H groups in total. The summed E-state index contributed by atoms with van der Waals surface area (Å²) < 4.78 is 0. The molecule has 0 aliphatic rings. The monoisotopic (exact) mass is 379 g/mol. The Hall–Kier alpha value is -2.35. The number of halogens is 1. The number of carbonyl (C=O) groups is 2. The Labute approximate surface area is 149 Å². The van der Waals surface area contributed by atoms with Crippen molar-refractivity contribution in [2.24, 2.45) is 0 Å². The quantitative estimate of drug-likeness (QED) is 0.608. The van der Waals surface area contributed by atoms with Crippen molar-refractivity contribution in [3.8, 4) is 16.9 Å². The highest BCUT2D eigenvalue weighted by atomic mass is 35.5. The summed E-state index contributed by atoms with van der Waals surface area (Å²) in [6.45, 7) is 0. The summed E-state index contributed by atoms with van der Waals surface area (Å²) >= 11 is 8.15. The molecular formula is C16H10ClNO4S2. The number of carbonyl (C=O) groups excluding carboxylic acids is 1. The number of amides is 1. The molecule has 3 aromatic rings. The van der Waals surface area contributed by atoms with Crippen LogP contribution < -0.4 is 5.32 Å². The molecule has 0 fully saturated rings. The molecule has 122 valence electrons. The molecule has 0 aliphatic heterocycles. The van der Waals surface area contributed by atoms with Crippen LogP contribution >= 0.6 is 34.3 Å². The van der Waals surface area contributed by atoms with Crippen LogP contribution in [0.2, 0.25) is 5.02 Å². The molecule has 24 heavy (non-hydrogen) atoms. The lowest BCUT2D eigenvalue weighted by Gasteiger charge is -2.06. The van der Waals surface area contributed by atoms with E-state index in [1.807, 2.05) is 0 Å². The topological polar surface area (TPSA) is 86.6 Å². The van der Waals surface area contributed by atoms with Crippen molar-refractivity contribution in [3.05, 3.63) is 56.6 Å². The van der Waals surface area contributed by atoms with Crippen molar-refractivity contribution < 1.29 is 19.8 Å². The third-order valence-electron chi connectivity index (χ3n) is 3.27. The van der Waals surface area contributed by atoms with Gasteiger partial charge in [0.1, 0.15) is 16.3 Å². The van der Waals surface area contributed by atoms with Gasteiger partial charge in [0.2, 0.25) is 0 Å². The number of benzene rings is 1. The van der Waals surface area contributed by atoms with E-state index in [1.54, 1.807) is 29.6 Å². The van der Waals surface area contributed by atoms with Gasteiger partial charge < -0.3 is 15.5 Å². The summed E-state index contributed by atoms with van der Waals surface area (Å²) in [5.74, 6) is -1.84. The molecule has 2 aromatic heterocycles. The molecule has 0 saturated heterocycles. The van der Waals surface area contributed by atoms with Crippen LogP contribution in [0.25, 0.3) is 11.1 Å². The van der Waals surface area contributed by atoms with Crippen LogP contribution in [0, 0.1) is 0 Å². The summed E-state index contributed by atoms with van der Waals surface area (Å²) in [7, 11) is 0. The van der Waals surface area contributed by atoms with E-state index < -0.39 is 11.9 Å². The zero-order valence-corrected chi connectivity index (χ0v) is 14.3. The maximum absolute atomic E-state index is 12.2. The number of rotatable bonds is 4. The summed E-state index contributed by atoms with van der Waals surface area (Å²) in [4.78, 5) is 23.9. The second-order valence-electron chi connectivity index (χ2n) is 4.79. The van der Waals surface area contributed by atoms with Crippen LogP contribution in [0.3, 0.4) is 0 Å². The first-order valence-electron chi connectivity index (χ1n) is 6.64. The van der Waals surface area contributed by atoms with Gasteiger partial charge in [-0.05, 0) is 17.7 Å². The highest BCUT2D eigenvalue weighted by Gasteiger charge is 2.22. The molecule has 2 heterocycles. The van der Waals surface area contributed by atoms with Crippen LogP contribution in [-0.2, 0) is 0 Å². The van der Waals surface area contributed by atoms with Crippen molar-refractivity contribution in [1.29, 1.82) is 0 Å². The second kappa shape index (κ2) is 6.64. The fourth-order valence-electron chi connectivity index (χ4n) is 2.13. The first-order chi connectivity index (χ1) is 11.5. The van der Waals surface area contributed by atoms with E-state index in [0.717, 1.165) is 11.3 Å². The first kappa shape index (κ1) is 16.5. The lowest BCUT2D eigenvalue weighted by atomic mass is 10.0. The fraction of sp³-hybridized carbons (Fsp3) is 0. The van der Waals surface area contributed by atoms with Gasteiger partial charge in [-0.1, -0.05) is 23.7 Å². The Kier molecular flexibility index (Phi) is 4.57. The van der Waals surface area contributed by atoms with Crippen molar-refractivity contribution in [1.82, 2.24) is 0 Å². The zero-order chi connectivity index (χ0) is 17.3. The van der Waals surface area contributed by atoms with Crippen molar-refractivity contribution in [3.63, 3.8) is 0 Å². The molecule has 0 radical (unpaired) electrons. The van der Waals surface area contributed by atoms with E-state index in [9.17, 15) is 19.8 Å². The van der Waals surface area contributed by atoms with Crippen LogP contribution in [0.4, 0.5) is 5.00 Å². The average Bonchev–Trinajstić information content (AvgIpc) is 3.14. The molecule has 0 saturated carbocycles. The van der Waals surface area contributed by atoms with Crippen LogP contribution in [0.15, 0.2) is 40.4 Å². The van der Waals surface area contributed by atoms with E-state index in [-0.39, 0.29) is 21.9 Å². The minimum Gasteiger partial charge on any atom is -0.506 e. The Bertz CT molecular complexity index is 915. The first-order valence-corrected chi connectivity index (χ1v) is 8.84. The molecule has 3 rings (SSSR count). The van der Waals surface area contributed by atoms with Gasteiger partial charge in [-0.15, -0.1) is 22.7 Å². The van der Waals surface area contributed by atoms with E-state index in [4.69, 9.17) is 11.6 Å². The van der Waals surface area contributed by atoms with E-state index in [1.165, 1.54) is 22.1 Å². The minimum atomic E-state index is -1.15. The summed E-state index contributed by atoms with van der Waals surface area (Å²) in [6.07, 6.45) is 0. The second-order valence-corrected chi connectivity index (χ2v) is 6.85. The Balaban J connectivity index is 1.98. The third kappa shape index (κ3) is 3.14. The highest BCUT2D eigenvalue weighted by molar-refractivity contribution is 7.15. The normalized spacial score (nSPS) is 10.5. The highest BCUT2D eigenvalue weighted by Crippen LogP contribution is 2.36. The van der Waals surface area contributed by atoms with E-state index >= 15 is 0 Å². The van der Waals surface area contributed by atoms with Crippen molar-refractivity contribution >= 4 is 51.2 Å². The lowest BCUT2D eigenvalue weighted by Crippen LogP contribution is -2.13.